The molecule has 0 heterocycles. The first kappa shape index (κ1) is 13.3. The van der Waals surface area contributed by atoms with Crippen LogP contribution in [0.15, 0.2) is 36.4 Å². The van der Waals surface area contributed by atoms with E-state index in [9.17, 15) is 14.5 Å². The molecule has 0 radical (unpaired) electrons. The molecule has 0 aromatic heterocycles. The van der Waals surface area contributed by atoms with E-state index in [2.05, 4.69) is 5.32 Å². The van der Waals surface area contributed by atoms with Crippen LogP contribution in [0.3, 0.4) is 0 Å². The van der Waals surface area contributed by atoms with Crippen molar-refractivity contribution in [2.45, 2.75) is 0 Å². The van der Waals surface area contributed by atoms with Crippen molar-refractivity contribution in [2.24, 2.45) is 0 Å². The van der Waals surface area contributed by atoms with Gasteiger partial charge in [0.2, 0.25) is 0 Å². The topological polar surface area (TPSA) is 105 Å². The van der Waals surface area contributed by atoms with Gasteiger partial charge in [-0.25, -0.2) is 4.39 Å². The monoisotopic (exact) mass is 272 g/mol. The molecule has 3 N–H and O–H groups in total. The normalized spacial score (nSPS) is 9.80. The third kappa shape index (κ3) is 2.49. The molecule has 0 aliphatic heterocycles. The van der Waals surface area contributed by atoms with E-state index in [0.29, 0.717) is 5.69 Å². The number of nitrogen functional groups attached to an aromatic ring is 1. The molecular weight excluding hydrogens is 263 g/mol. The molecule has 0 atom stereocenters. The second-order valence-corrected chi connectivity index (χ2v) is 3.93. The van der Waals surface area contributed by atoms with Gasteiger partial charge in [-0.15, -0.1) is 0 Å². The standard InChI is InChI=1S/C13H9FN4O2/c14-10-2-1-3-12(9(10)7-15)17-8-4-5-13(18(19)20)11(16)6-8/h1-6,17H,16H2. The summed E-state index contributed by atoms with van der Waals surface area (Å²) in [6.45, 7) is 0. The molecule has 0 saturated carbocycles. The van der Waals surface area contributed by atoms with E-state index in [1.54, 1.807) is 6.07 Å². The van der Waals surface area contributed by atoms with Crippen LogP contribution in [0, 0.1) is 27.3 Å². The van der Waals surface area contributed by atoms with Crippen molar-refractivity contribution in [1.29, 1.82) is 5.26 Å². The van der Waals surface area contributed by atoms with Crippen LogP contribution >= 0.6 is 0 Å². The fraction of sp³-hybridized carbons (Fsp3) is 0. The van der Waals surface area contributed by atoms with Crippen LogP contribution in [0.1, 0.15) is 5.56 Å². The van der Waals surface area contributed by atoms with Gasteiger partial charge in [-0.2, -0.15) is 5.26 Å². The summed E-state index contributed by atoms with van der Waals surface area (Å²) in [5, 5.41) is 22.4. The number of nitro groups is 1. The number of halogens is 1. The van der Waals surface area contributed by atoms with Crippen LogP contribution in [0.2, 0.25) is 0 Å². The largest absolute Gasteiger partial charge is 0.393 e. The zero-order valence-corrected chi connectivity index (χ0v) is 10.1. The number of benzene rings is 2. The maximum Gasteiger partial charge on any atom is 0.292 e. The van der Waals surface area contributed by atoms with E-state index in [1.807, 2.05) is 0 Å². The molecule has 6 nitrogen and oxygen atoms in total. The molecule has 0 fully saturated rings. The highest BCUT2D eigenvalue weighted by molar-refractivity contribution is 5.72. The van der Waals surface area contributed by atoms with E-state index in [4.69, 9.17) is 11.0 Å². The summed E-state index contributed by atoms with van der Waals surface area (Å²) in [4.78, 5) is 10.1. The van der Waals surface area contributed by atoms with E-state index >= 15 is 0 Å². The minimum absolute atomic E-state index is 0.0186. The molecule has 0 spiro atoms. The van der Waals surface area contributed by atoms with Gasteiger partial charge in [-0.05, 0) is 24.3 Å². The van der Waals surface area contributed by atoms with Crippen LogP contribution in [0.4, 0.5) is 27.1 Å². The molecule has 20 heavy (non-hydrogen) atoms. The SMILES string of the molecule is N#Cc1c(F)cccc1Nc1ccc([N+](=O)[O-])c(N)c1. The molecule has 2 rings (SSSR count). The minimum atomic E-state index is -0.646. The Morgan fingerprint density at radius 2 is 2.10 bits per heavy atom. The Balaban J connectivity index is 2.37. The molecular formula is C13H9FN4O2. The summed E-state index contributed by atoms with van der Waals surface area (Å²) in [6, 6.07) is 9.93. The molecule has 0 saturated heterocycles. The van der Waals surface area contributed by atoms with Crippen LogP contribution in [0.5, 0.6) is 0 Å². The number of nitrogens with zero attached hydrogens (tertiary/aromatic N) is 2. The smallest absolute Gasteiger partial charge is 0.292 e. The van der Waals surface area contributed by atoms with Crippen molar-refractivity contribution in [1.82, 2.24) is 0 Å². The highest BCUT2D eigenvalue weighted by atomic mass is 19.1. The molecule has 0 aliphatic rings. The number of nitrogens with two attached hydrogens (primary N) is 1. The van der Waals surface area contributed by atoms with Crippen LogP contribution in [-0.2, 0) is 0 Å². The first-order valence-corrected chi connectivity index (χ1v) is 5.52. The zero-order valence-electron chi connectivity index (χ0n) is 10.1. The van der Waals surface area contributed by atoms with Crippen molar-refractivity contribution in [3.63, 3.8) is 0 Å². The fourth-order valence-corrected chi connectivity index (χ4v) is 1.70. The van der Waals surface area contributed by atoms with Crippen molar-refractivity contribution in [3.8, 4) is 6.07 Å². The average Bonchev–Trinajstić information content (AvgIpc) is 2.38. The van der Waals surface area contributed by atoms with E-state index in [1.165, 1.54) is 36.4 Å². The predicted molar refractivity (Wildman–Crippen MR) is 71.9 cm³/mol. The summed E-state index contributed by atoms with van der Waals surface area (Å²) in [6.07, 6.45) is 0. The Hall–Kier alpha value is -3.14. The van der Waals surface area contributed by atoms with Gasteiger partial charge in [0.1, 0.15) is 23.1 Å². The lowest BCUT2D eigenvalue weighted by atomic mass is 10.1. The first-order chi connectivity index (χ1) is 9.52. The Bertz CT molecular complexity index is 725. The summed E-state index contributed by atoms with van der Waals surface area (Å²) in [5.41, 5.74) is 5.88. The minimum Gasteiger partial charge on any atom is -0.393 e. The van der Waals surface area contributed by atoms with Gasteiger partial charge in [-0.3, -0.25) is 10.1 Å². The fourth-order valence-electron chi connectivity index (χ4n) is 1.70. The van der Waals surface area contributed by atoms with E-state index in [-0.39, 0.29) is 22.6 Å². The highest BCUT2D eigenvalue weighted by Gasteiger charge is 2.12. The molecule has 0 bridgehead atoms. The predicted octanol–water partition coefficient (Wildman–Crippen LogP) is 2.93. The number of hydrogen-bond acceptors (Lipinski definition) is 5. The molecule has 2 aromatic rings. The van der Waals surface area contributed by atoms with Crippen LogP contribution < -0.4 is 11.1 Å². The molecule has 0 unspecified atom stereocenters. The van der Waals surface area contributed by atoms with Gasteiger partial charge in [-0.1, -0.05) is 6.07 Å². The van der Waals surface area contributed by atoms with Gasteiger partial charge in [0.15, 0.2) is 0 Å². The summed E-state index contributed by atoms with van der Waals surface area (Å²) >= 11 is 0. The van der Waals surface area contributed by atoms with Crippen LogP contribution in [-0.4, -0.2) is 4.92 Å². The van der Waals surface area contributed by atoms with Crippen molar-refractivity contribution >= 4 is 22.7 Å². The van der Waals surface area contributed by atoms with Gasteiger partial charge in [0.25, 0.3) is 5.69 Å². The highest BCUT2D eigenvalue weighted by Crippen LogP contribution is 2.28. The van der Waals surface area contributed by atoms with Gasteiger partial charge in [0, 0.05) is 11.8 Å². The molecule has 7 heteroatoms. The molecule has 0 aliphatic carbocycles. The number of nitro benzene ring substituents is 1. The Morgan fingerprint density at radius 1 is 1.35 bits per heavy atom. The van der Waals surface area contributed by atoms with Crippen molar-refractivity contribution < 1.29 is 9.31 Å². The van der Waals surface area contributed by atoms with Crippen molar-refractivity contribution in [2.75, 3.05) is 11.1 Å². The van der Waals surface area contributed by atoms with Crippen molar-refractivity contribution in [3.05, 3.63) is 57.9 Å². The maximum atomic E-state index is 13.4. The lowest BCUT2D eigenvalue weighted by molar-refractivity contribution is -0.383. The van der Waals surface area contributed by atoms with Gasteiger partial charge < -0.3 is 11.1 Å². The number of rotatable bonds is 3. The third-order valence-corrected chi connectivity index (χ3v) is 2.63. The average molecular weight is 272 g/mol. The molecule has 2 aromatic carbocycles. The third-order valence-electron chi connectivity index (χ3n) is 2.63. The van der Waals surface area contributed by atoms with Gasteiger partial charge >= 0.3 is 0 Å². The zero-order chi connectivity index (χ0) is 14.7. The van der Waals surface area contributed by atoms with Gasteiger partial charge in [0.05, 0.1) is 10.6 Å². The number of hydrogen-bond donors (Lipinski definition) is 2. The number of nitrogens with one attached hydrogen (secondary N) is 1. The lowest BCUT2D eigenvalue weighted by Gasteiger charge is -2.09. The Kier molecular flexibility index (Phi) is 3.48. The number of anilines is 3. The molecule has 100 valence electrons. The second-order valence-electron chi connectivity index (χ2n) is 3.93. The summed E-state index contributed by atoms with van der Waals surface area (Å²) in [5.74, 6) is -0.646. The van der Waals surface area contributed by atoms with E-state index < -0.39 is 10.7 Å². The Morgan fingerprint density at radius 3 is 2.70 bits per heavy atom. The summed E-state index contributed by atoms with van der Waals surface area (Å²) < 4.78 is 13.4. The maximum absolute atomic E-state index is 13.4. The number of nitriles is 1. The van der Waals surface area contributed by atoms with Crippen LogP contribution in [0.25, 0.3) is 0 Å². The van der Waals surface area contributed by atoms with E-state index in [0.717, 1.165) is 0 Å². The second kappa shape index (κ2) is 5.24. The quantitative estimate of drug-likeness (QED) is 0.507. The Labute approximate surface area is 113 Å². The molecule has 0 amide bonds. The first-order valence-electron chi connectivity index (χ1n) is 5.52. The summed E-state index contributed by atoms with van der Waals surface area (Å²) in [7, 11) is 0. The lowest BCUT2D eigenvalue weighted by Crippen LogP contribution is -1.99.